The van der Waals surface area contributed by atoms with Gasteiger partial charge in [-0.15, -0.1) is 0 Å². The van der Waals surface area contributed by atoms with Crippen molar-refractivity contribution in [1.82, 2.24) is 14.6 Å². The normalized spacial score (nSPS) is 24.2. The van der Waals surface area contributed by atoms with Gasteiger partial charge in [-0.25, -0.2) is 4.98 Å². The van der Waals surface area contributed by atoms with Gasteiger partial charge in [0.2, 0.25) is 0 Å². The third kappa shape index (κ3) is 2.06. The molecule has 2 aromatic heterocycles. The molecule has 2 heterocycles. The highest BCUT2D eigenvalue weighted by Gasteiger charge is 2.50. The largest absolute Gasteiger partial charge is 0.349 e. The summed E-state index contributed by atoms with van der Waals surface area (Å²) < 4.78 is 1.34. The first-order valence-corrected chi connectivity index (χ1v) is 9.19. The molecule has 1 N–H and O–H groups in total. The molecule has 0 spiro atoms. The zero-order valence-electron chi connectivity index (χ0n) is 15.3. The zero-order valence-corrected chi connectivity index (χ0v) is 15.3. The second kappa shape index (κ2) is 5.16. The number of rotatable bonds is 2. The Labute approximate surface area is 151 Å². The molecular formula is C21H22N4O. The Bertz CT molecular complexity index is 1160. The average Bonchev–Trinajstić information content (AvgIpc) is 3.00. The van der Waals surface area contributed by atoms with Crippen molar-refractivity contribution in [1.29, 1.82) is 0 Å². The van der Waals surface area contributed by atoms with Crippen molar-refractivity contribution in [3.63, 3.8) is 0 Å². The van der Waals surface area contributed by atoms with E-state index < -0.39 is 0 Å². The number of nitrogens with one attached hydrogen (secondary N) is 1. The van der Waals surface area contributed by atoms with Crippen molar-refractivity contribution in [3.8, 4) is 0 Å². The molecule has 0 saturated heterocycles. The topological polar surface area (TPSA) is 63.0 Å². The number of benzene rings is 1. The number of hydrogen-bond donors (Lipinski definition) is 1. The highest BCUT2D eigenvalue weighted by atomic mass is 16.1. The minimum absolute atomic E-state index is 0.165. The molecule has 1 aromatic carbocycles. The van der Waals surface area contributed by atoms with E-state index in [1.54, 1.807) is 0 Å². The van der Waals surface area contributed by atoms with Crippen LogP contribution >= 0.6 is 0 Å². The predicted octanol–water partition coefficient (Wildman–Crippen LogP) is 4.01. The van der Waals surface area contributed by atoms with E-state index in [1.165, 1.54) is 23.0 Å². The number of fused-ring (bicyclic) bond motifs is 4. The van der Waals surface area contributed by atoms with Gasteiger partial charge in [0, 0.05) is 10.9 Å². The summed E-state index contributed by atoms with van der Waals surface area (Å²) in [6, 6.07) is 6.06. The van der Waals surface area contributed by atoms with Crippen LogP contribution in [0.2, 0.25) is 0 Å². The van der Waals surface area contributed by atoms with Gasteiger partial charge in [0.05, 0.1) is 6.21 Å². The molecule has 3 aliphatic rings. The van der Waals surface area contributed by atoms with Gasteiger partial charge in [0.1, 0.15) is 17.4 Å². The van der Waals surface area contributed by atoms with Crippen molar-refractivity contribution in [2.24, 2.45) is 22.4 Å². The van der Waals surface area contributed by atoms with Crippen LogP contribution < -0.4 is 5.56 Å². The molecule has 0 amide bonds. The van der Waals surface area contributed by atoms with Crippen LogP contribution in [0, 0.1) is 24.2 Å². The summed E-state index contributed by atoms with van der Waals surface area (Å²) in [6.45, 7) is 6.70. The van der Waals surface area contributed by atoms with Crippen LogP contribution in [0.4, 0.5) is 0 Å². The fourth-order valence-corrected chi connectivity index (χ4v) is 4.62. The van der Waals surface area contributed by atoms with Gasteiger partial charge in [0.25, 0.3) is 5.56 Å². The Morgan fingerprint density at radius 2 is 2.23 bits per heavy atom. The molecule has 3 aromatic rings. The molecule has 2 bridgehead atoms. The molecule has 2 unspecified atom stereocenters. The second-order valence-electron chi connectivity index (χ2n) is 8.28. The molecule has 0 radical (unpaired) electrons. The fourth-order valence-electron chi connectivity index (χ4n) is 4.62. The minimum atomic E-state index is -0.165. The van der Waals surface area contributed by atoms with E-state index >= 15 is 0 Å². The van der Waals surface area contributed by atoms with Crippen molar-refractivity contribution in [3.05, 3.63) is 52.1 Å². The molecular weight excluding hydrogens is 324 g/mol. The molecule has 2 atom stereocenters. The monoisotopic (exact) mass is 346 g/mol. The Hall–Kier alpha value is -2.69. The van der Waals surface area contributed by atoms with Gasteiger partial charge in [-0.1, -0.05) is 31.6 Å². The maximum atomic E-state index is 12.8. The number of aromatic amines is 1. The molecule has 1 saturated carbocycles. The van der Waals surface area contributed by atoms with Gasteiger partial charge >= 0.3 is 0 Å². The second-order valence-corrected chi connectivity index (χ2v) is 8.28. The Morgan fingerprint density at radius 1 is 1.38 bits per heavy atom. The van der Waals surface area contributed by atoms with E-state index in [0.717, 1.165) is 28.8 Å². The zero-order chi connectivity index (χ0) is 18.1. The van der Waals surface area contributed by atoms with Crippen LogP contribution in [0.15, 0.2) is 46.1 Å². The van der Waals surface area contributed by atoms with Crippen LogP contribution in [0.1, 0.15) is 32.3 Å². The third-order valence-corrected chi connectivity index (χ3v) is 6.49. The van der Waals surface area contributed by atoms with Crippen LogP contribution in [0.5, 0.6) is 0 Å². The lowest BCUT2D eigenvalue weighted by atomic mass is 9.49. The van der Waals surface area contributed by atoms with E-state index in [9.17, 15) is 4.79 Å². The van der Waals surface area contributed by atoms with Crippen molar-refractivity contribution in [2.45, 2.75) is 33.6 Å². The van der Waals surface area contributed by atoms with Crippen LogP contribution in [-0.2, 0) is 0 Å². The van der Waals surface area contributed by atoms with Crippen LogP contribution in [0.25, 0.3) is 21.9 Å². The predicted molar refractivity (Wildman–Crippen MR) is 105 cm³/mol. The summed E-state index contributed by atoms with van der Waals surface area (Å²) >= 11 is 0. The molecule has 5 heteroatoms. The smallest absolute Gasteiger partial charge is 0.298 e. The van der Waals surface area contributed by atoms with E-state index in [1.807, 2.05) is 25.3 Å². The van der Waals surface area contributed by atoms with Gasteiger partial charge < -0.3 is 4.98 Å². The first kappa shape index (κ1) is 15.6. The van der Waals surface area contributed by atoms with Crippen LogP contribution in [0.3, 0.4) is 0 Å². The number of aromatic nitrogens is 3. The van der Waals surface area contributed by atoms with Gasteiger partial charge in [-0.2, -0.15) is 9.78 Å². The summed E-state index contributed by atoms with van der Waals surface area (Å²) in [5.41, 5.74) is 4.71. The van der Waals surface area contributed by atoms with E-state index in [0.29, 0.717) is 22.4 Å². The summed E-state index contributed by atoms with van der Waals surface area (Å²) in [5.74, 6) is 1.34. The molecule has 3 aliphatic carbocycles. The van der Waals surface area contributed by atoms with Gasteiger partial charge in [-0.3, -0.25) is 4.79 Å². The number of hydrogen-bond acceptors (Lipinski definition) is 3. The standard InChI is InChI=1S/C21H22N4O/c1-12-4-7-17-15(8-12)18-19(24-17)20(26)25(11-22-18)23-10-13-5-6-14-9-16(13)21(14,2)3/h4-5,7-8,10-11,14,16,24H,6,9H2,1-3H3/b23-10+. The van der Waals surface area contributed by atoms with Crippen molar-refractivity contribution < 1.29 is 0 Å². The van der Waals surface area contributed by atoms with Crippen LogP contribution in [-0.4, -0.2) is 20.9 Å². The maximum Gasteiger partial charge on any atom is 0.298 e. The fraction of sp³-hybridized carbons (Fsp3) is 0.381. The first-order valence-electron chi connectivity index (χ1n) is 9.19. The molecule has 1 fully saturated rings. The minimum Gasteiger partial charge on any atom is -0.349 e. The molecule has 26 heavy (non-hydrogen) atoms. The first-order chi connectivity index (χ1) is 12.4. The summed E-state index contributed by atoms with van der Waals surface area (Å²) in [5, 5.41) is 5.41. The molecule has 0 aliphatic heterocycles. The van der Waals surface area contributed by atoms with Crippen molar-refractivity contribution >= 4 is 28.2 Å². The average molecular weight is 346 g/mol. The lowest BCUT2D eigenvalue weighted by Gasteiger charge is -2.55. The third-order valence-electron chi connectivity index (χ3n) is 6.49. The summed E-state index contributed by atoms with van der Waals surface area (Å²) in [7, 11) is 0. The number of nitrogens with zero attached hydrogens (tertiary/aromatic N) is 3. The highest BCUT2D eigenvalue weighted by Crippen LogP contribution is 2.58. The lowest BCUT2D eigenvalue weighted by Crippen LogP contribution is -2.48. The number of allylic oxidation sites excluding steroid dienone is 2. The lowest BCUT2D eigenvalue weighted by molar-refractivity contribution is -0.00127. The van der Waals surface area contributed by atoms with Gasteiger partial charge in [0.15, 0.2) is 0 Å². The van der Waals surface area contributed by atoms with E-state index in [4.69, 9.17) is 0 Å². The van der Waals surface area contributed by atoms with E-state index in [-0.39, 0.29) is 5.56 Å². The molecule has 132 valence electrons. The van der Waals surface area contributed by atoms with E-state index in [2.05, 4.69) is 41.1 Å². The maximum absolute atomic E-state index is 12.8. The SMILES string of the molecule is Cc1ccc2[nH]c3c(=O)n(/N=C/C4=CCC5CC4C5(C)C)cnc3c2c1. The Balaban J connectivity index is 1.56. The number of aryl methyl sites for hydroxylation is 1. The molecule has 6 rings (SSSR count). The molecule has 5 nitrogen and oxygen atoms in total. The summed E-state index contributed by atoms with van der Waals surface area (Å²) in [4.78, 5) is 20.5. The highest BCUT2D eigenvalue weighted by molar-refractivity contribution is 6.04. The quantitative estimate of drug-likeness (QED) is 0.713. The van der Waals surface area contributed by atoms with Gasteiger partial charge in [-0.05, 0) is 54.7 Å². The van der Waals surface area contributed by atoms with Crippen molar-refractivity contribution in [2.75, 3.05) is 0 Å². The summed E-state index contributed by atoms with van der Waals surface area (Å²) in [6.07, 6.45) is 7.99. The Kier molecular flexibility index (Phi) is 3.09. The Morgan fingerprint density at radius 3 is 3.00 bits per heavy atom. The number of H-pyrrole nitrogens is 1.